The Hall–Kier alpha value is 0.492. The Labute approximate surface area is 66.5 Å². The molecular weight excluding hydrogens is 127 g/mol. The minimum Gasteiger partial charge on any atom is -0.516 e. The Balaban J connectivity index is 3.09. The van der Waals surface area contributed by atoms with E-state index in [-0.39, 0.29) is 0 Å². The monoisotopic (exact) mass is 142 g/mol. The van der Waals surface area contributed by atoms with E-state index in [1.807, 2.05) is 0 Å². The lowest BCUT2D eigenvalue weighted by Gasteiger charge is -2.10. The molecule has 0 unspecified atom stereocenters. The molecular formula is C7H15AlO. The largest absolute Gasteiger partial charge is 0.516 e. The summed E-state index contributed by atoms with van der Waals surface area (Å²) in [6, 6.07) is 0. The number of hydrogen-bond acceptors (Lipinski definition) is 1. The molecule has 0 aliphatic heterocycles. The summed E-state index contributed by atoms with van der Waals surface area (Å²) < 4.78 is 4.89. The van der Waals surface area contributed by atoms with Crippen LogP contribution in [0.15, 0.2) is 0 Å². The molecule has 0 heterocycles. The zero-order chi connectivity index (χ0) is 7.11. The molecule has 0 saturated carbocycles. The lowest BCUT2D eigenvalue weighted by Crippen LogP contribution is -2.01. The van der Waals surface area contributed by atoms with Gasteiger partial charge in [-0.15, -0.1) is 0 Å². The lowest BCUT2D eigenvalue weighted by atomic mass is 10.0. The van der Waals surface area contributed by atoms with Crippen molar-refractivity contribution >= 4 is 16.6 Å². The van der Waals surface area contributed by atoms with Gasteiger partial charge in [0.2, 0.25) is 0 Å². The highest BCUT2D eigenvalue weighted by molar-refractivity contribution is 5.97. The van der Waals surface area contributed by atoms with Crippen LogP contribution in [0.4, 0.5) is 0 Å². The maximum atomic E-state index is 4.89. The van der Waals surface area contributed by atoms with Gasteiger partial charge in [-0.05, 0) is 12.3 Å². The molecule has 0 bridgehead atoms. The van der Waals surface area contributed by atoms with Crippen LogP contribution in [0.2, 0.25) is 0 Å². The van der Waals surface area contributed by atoms with E-state index in [1.165, 1.54) is 19.3 Å². The smallest absolute Gasteiger partial charge is 0.369 e. The fourth-order valence-electron chi connectivity index (χ4n) is 0.932. The van der Waals surface area contributed by atoms with Gasteiger partial charge in [0.25, 0.3) is 0 Å². The van der Waals surface area contributed by atoms with Crippen LogP contribution in [0.5, 0.6) is 0 Å². The highest BCUT2D eigenvalue weighted by atomic mass is 27.1. The molecule has 0 fully saturated rings. The first-order chi connectivity index (χ1) is 4.35. The second-order valence-electron chi connectivity index (χ2n) is 2.34. The first kappa shape index (κ1) is 9.49. The molecule has 0 aliphatic rings. The molecule has 0 aliphatic carbocycles. The molecule has 52 valence electrons. The summed E-state index contributed by atoms with van der Waals surface area (Å²) >= 11 is 2.29. The van der Waals surface area contributed by atoms with Gasteiger partial charge in [-0.2, -0.15) is 0 Å². The SMILES string of the molecule is CCC(CC)CC[O][Al]. The maximum Gasteiger partial charge on any atom is 0.369 e. The summed E-state index contributed by atoms with van der Waals surface area (Å²) in [5, 5.41) is 0. The number of hydrogen-bond donors (Lipinski definition) is 0. The third-order valence-electron chi connectivity index (χ3n) is 1.80. The number of rotatable bonds is 5. The van der Waals surface area contributed by atoms with Gasteiger partial charge in [-0.25, -0.2) is 0 Å². The van der Waals surface area contributed by atoms with E-state index in [0.717, 1.165) is 12.5 Å². The predicted octanol–water partition coefficient (Wildman–Crippen LogP) is 1.91. The average molecular weight is 142 g/mol. The van der Waals surface area contributed by atoms with Crippen molar-refractivity contribution in [2.45, 2.75) is 33.1 Å². The normalized spacial score (nSPS) is 10.6. The molecule has 0 amide bonds. The van der Waals surface area contributed by atoms with Gasteiger partial charge in [0.05, 0.1) is 0 Å². The third-order valence-corrected chi connectivity index (χ3v) is 2.03. The van der Waals surface area contributed by atoms with Crippen molar-refractivity contribution in [2.24, 2.45) is 5.92 Å². The molecule has 9 heavy (non-hydrogen) atoms. The Bertz CT molecular complexity index is 52.9. The van der Waals surface area contributed by atoms with E-state index >= 15 is 0 Å². The Morgan fingerprint density at radius 1 is 1.33 bits per heavy atom. The van der Waals surface area contributed by atoms with E-state index in [4.69, 9.17) is 3.79 Å². The average Bonchev–Trinajstić information content (AvgIpc) is 1.91. The minimum absolute atomic E-state index is 0.866. The van der Waals surface area contributed by atoms with Crippen LogP contribution in [0.25, 0.3) is 0 Å². The highest BCUT2D eigenvalue weighted by Gasteiger charge is 2.00. The molecule has 2 radical (unpaired) electrons. The Morgan fingerprint density at radius 2 is 1.89 bits per heavy atom. The van der Waals surface area contributed by atoms with Crippen molar-refractivity contribution in [3.05, 3.63) is 0 Å². The zero-order valence-corrected chi connectivity index (χ0v) is 7.55. The van der Waals surface area contributed by atoms with Crippen LogP contribution in [0.3, 0.4) is 0 Å². The fraction of sp³-hybridized carbons (Fsp3) is 1.00. The van der Waals surface area contributed by atoms with Crippen molar-refractivity contribution in [3.8, 4) is 0 Å². The fourth-order valence-corrected chi connectivity index (χ4v) is 1.07. The summed E-state index contributed by atoms with van der Waals surface area (Å²) in [5.74, 6) is 0.866. The molecule has 0 spiro atoms. The van der Waals surface area contributed by atoms with E-state index in [2.05, 4.69) is 30.5 Å². The van der Waals surface area contributed by atoms with Crippen molar-refractivity contribution in [2.75, 3.05) is 6.61 Å². The van der Waals surface area contributed by atoms with Gasteiger partial charge >= 0.3 is 16.6 Å². The molecule has 0 aromatic rings. The van der Waals surface area contributed by atoms with Crippen molar-refractivity contribution in [3.63, 3.8) is 0 Å². The topological polar surface area (TPSA) is 9.23 Å². The molecule has 0 atom stereocenters. The van der Waals surface area contributed by atoms with Crippen LogP contribution in [0, 0.1) is 5.92 Å². The lowest BCUT2D eigenvalue weighted by molar-refractivity contribution is 0.292. The summed E-state index contributed by atoms with van der Waals surface area (Å²) in [5.41, 5.74) is 0. The first-order valence-electron chi connectivity index (χ1n) is 3.66. The zero-order valence-electron chi connectivity index (χ0n) is 6.39. The van der Waals surface area contributed by atoms with Gasteiger partial charge in [0, 0.05) is 6.61 Å². The van der Waals surface area contributed by atoms with Crippen LogP contribution >= 0.6 is 0 Å². The van der Waals surface area contributed by atoms with E-state index in [9.17, 15) is 0 Å². The molecule has 2 heteroatoms. The standard InChI is InChI=1S/C7H15O.Al/c1-3-7(4-2)5-6-8;/h7H,3-6H2,1-2H3;/q-1;+1. The third kappa shape index (κ3) is 4.96. The molecule has 0 N–H and O–H groups in total. The van der Waals surface area contributed by atoms with Crippen LogP contribution in [0.1, 0.15) is 33.1 Å². The van der Waals surface area contributed by atoms with Crippen molar-refractivity contribution < 1.29 is 3.79 Å². The summed E-state index contributed by atoms with van der Waals surface area (Å²) in [4.78, 5) is 0. The molecule has 0 aromatic carbocycles. The molecule has 0 aromatic heterocycles. The van der Waals surface area contributed by atoms with Gasteiger partial charge < -0.3 is 3.79 Å². The maximum absolute atomic E-state index is 4.89. The summed E-state index contributed by atoms with van der Waals surface area (Å²) in [6.07, 6.45) is 3.77. The minimum atomic E-state index is 0.866. The second kappa shape index (κ2) is 6.61. The van der Waals surface area contributed by atoms with Gasteiger partial charge in [-0.3, -0.25) is 0 Å². The Morgan fingerprint density at radius 3 is 2.22 bits per heavy atom. The highest BCUT2D eigenvalue weighted by Crippen LogP contribution is 2.11. The summed E-state index contributed by atoms with van der Waals surface area (Å²) in [7, 11) is 0. The van der Waals surface area contributed by atoms with Crippen molar-refractivity contribution in [1.82, 2.24) is 0 Å². The summed E-state index contributed by atoms with van der Waals surface area (Å²) in [6.45, 7) is 5.35. The molecule has 0 saturated heterocycles. The molecule has 0 rings (SSSR count). The van der Waals surface area contributed by atoms with Crippen molar-refractivity contribution in [1.29, 1.82) is 0 Å². The van der Waals surface area contributed by atoms with E-state index < -0.39 is 0 Å². The van der Waals surface area contributed by atoms with Crippen LogP contribution in [-0.4, -0.2) is 23.2 Å². The predicted molar refractivity (Wildman–Crippen MR) is 40.4 cm³/mol. The van der Waals surface area contributed by atoms with E-state index in [0.29, 0.717) is 0 Å². The van der Waals surface area contributed by atoms with Gasteiger partial charge in [-0.1, -0.05) is 26.7 Å². The van der Waals surface area contributed by atoms with Crippen LogP contribution in [-0.2, 0) is 3.79 Å². The van der Waals surface area contributed by atoms with Gasteiger partial charge in [0.15, 0.2) is 0 Å². The van der Waals surface area contributed by atoms with Gasteiger partial charge in [0.1, 0.15) is 0 Å². The van der Waals surface area contributed by atoms with E-state index in [1.54, 1.807) is 0 Å². The second-order valence-corrected chi connectivity index (χ2v) is 2.68. The Kier molecular flexibility index (Phi) is 6.97. The van der Waals surface area contributed by atoms with Crippen LogP contribution < -0.4 is 0 Å². The molecule has 1 nitrogen and oxygen atoms in total. The quantitative estimate of drug-likeness (QED) is 0.533. The first-order valence-corrected chi connectivity index (χ1v) is 4.13.